The first-order valence-corrected chi connectivity index (χ1v) is 6.18. The van der Waals surface area contributed by atoms with Crippen LogP contribution in [0.4, 0.5) is 0 Å². The Balaban J connectivity index is 1.88. The number of aromatic nitrogens is 1. The third-order valence-corrected chi connectivity index (χ3v) is 3.29. The number of hydrogen-bond acceptors (Lipinski definition) is 5. The van der Waals surface area contributed by atoms with Gasteiger partial charge in [0, 0.05) is 25.6 Å². The van der Waals surface area contributed by atoms with Gasteiger partial charge in [0.25, 0.3) is 0 Å². The van der Waals surface area contributed by atoms with Crippen LogP contribution in [0.2, 0.25) is 0 Å². The maximum Gasteiger partial charge on any atom is 0.192 e. The Morgan fingerprint density at radius 1 is 1.50 bits per heavy atom. The summed E-state index contributed by atoms with van der Waals surface area (Å²) in [5, 5.41) is 3.38. The average molecular weight is 247 g/mol. The molecule has 2 unspecified atom stereocenters. The smallest absolute Gasteiger partial charge is 0.192 e. The van der Waals surface area contributed by atoms with Gasteiger partial charge in [0.15, 0.2) is 11.5 Å². The van der Waals surface area contributed by atoms with Crippen LogP contribution in [0.1, 0.15) is 17.5 Å². The van der Waals surface area contributed by atoms with Crippen LogP contribution in [0.3, 0.4) is 0 Å². The predicted octanol–water partition coefficient (Wildman–Crippen LogP) is 1.12. The van der Waals surface area contributed by atoms with Gasteiger partial charge in [-0.3, -0.25) is 0 Å². The number of nitrogens with zero attached hydrogens (tertiary/aromatic N) is 1. The fourth-order valence-corrected chi connectivity index (χ4v) is 2.32. The molecule has 0 radical (unpaired) electrons. The Hall–Kier alpha value is -1.43. The van der Waals surface area contributed by atoms with E-state index in [0.717, 1.165) is 29.8 Å². The van der Waals surface area contributed by atoms with Gasteiger partial charge in [-0.05, 0) is 17.7 Å². The molecule has 0 aliphatic carbocycles. The Morgan fingerprint density at radius 3 is 3.17 bits per heavy atom. The minimum Gasteiger partial charge on any atom is -0.441 e. The van der Waals surface area contributed by atoms with Gasteiger partial charge in [-0.25, -0.2) is 4.98 Å². The summed E-state index contributed by atoms with van der Waals surface area (Å²) in [6.07, 6.45) is 0. The number of nitrogens with one attached hydrogen (secondary N) is 1. The second-order valence-corrected chi connectivity index (χ2v) is 4.62. The lowest BCUT2D eigenvalue weighted by atomic mass is 10.00. The Bertz CT molecular complexity index is 546. The third-order valence-electron chi connectivity index (χ3n) is 3.29. The van der Waals surface area contributed by atoms with Crippen LogP contribution in [-0.2, 0) is 4.74 Å². The molecule has 0 spiro atoms. The molecule has 0 amide bonds. The molecular formula is C13H17N3O2. The zero-order chi connectivity index (χ0) is 12.5. The molecule has 2 aromatic rings. The molecule has 2 atom stereocenters. The van der Waals surface area contributed by atoms with E-state index in [2.05, 4.69) is 10.3 Å². The molecule has 0 saturated carbocycles. The number of oxazole rings is 1. The van der Waals surface area contributed by atoms with Crippen molar-refractivity contribution >= 4 is 11.1 Å². The molecule has 1 aliphatic heterocycles. The number of hydrogen-bond donors (Lipinski definition) is 2. The van der Waals surface area contributed by atoms with Crippen molar-refractivity contribution in [3.63, 3.8) is 0 Å². The number of morpholine rings is 1. The summed E-state index contributed by atoms with van der Waals surface area (Å²) in [6, 6.07) is 5.98. The van der Waals surface area contributed by atoms with Crippen molar-refractivity contribution < 1.29 is 9.15 Å². The number of fused-ring (bicyclic) bond motifs is 1. The van der Waals surface area contributed by atoms with Crippen molar-refractivity contribution in [3.05, 3.63) is 29.7 Å². The van der Waals surface area contributed by atoms with Crippen molar-refractivity contribution in [1.29, 1.82) is 0 Å². The first kappa shape index (κ1) is 11.6. The molecule has 96 valence electrons. The van der Waals surface area contributed by atoms with Crippen LogP contribution < -0.4 is 11.1 Å². The van der Waals surface area contributed by atoms with Gasteiger partial charge in [-0.2, -0.15) is 0 Å². The molecule has 1 aromatic carbocycles. The van der Waals surface area contributed by atoms with Crippen LogP contribution in [-0.4, -0.2) is 30.8 Å². The highest BCUT2D eigenvalue weighted by atomic mass is 16.5. The highest BCUT2D eigenvalue weighted by Crippen LogP contribution is 2.22. The quantitative estimate of drug-likeness (QED) is 0.832. The summed E-state index contributed by atoms with van der Waals surface area (Å²) in [5.41, 5.74) is 8.98. The lowest BCUT2D eigenvalue weighted by molar-refractivity contribution is 0.0685. The molecule has 3 N–H and O–H groups in total. The molecule has 18 heavy (non-hydrogen) atoms. The van der Waals surface area contributed by atoms with Crippen molar-refractivity contribution in [1.82, 2.24) is 10.3 Å². The number of rotatable bonds is 2. The van der Waals surface area contributed by atoms with E-state index in [9.17, 15) is 0 Å². The minimum absolute atomic E-state index is 0.0910. The fraction of sp³-hybridized carbons (Fsp3) is 0.462. The van der Waals surface area contributed by atoms with Crippen LogP contribution in [0.15, 0.2) is 22.6 Å². The van der Waals surface area contributed by atoms with Crippen molar-refractivity contribution in [3.8, 4) is 0 Å². The normalized spacial score (nSPS) is 22.2. The second kappa shape index (κ2) is 4.68. The molecule has 1 aliphatic rings. The number of aryl methyl sites for hydroxylation is 1. The lowest BCUT2D eigenvalue weighted by Gasteiger charge is -2.29. The zero-order valence-corrected chi connectivity index (χ0v) is 10.3. The number of nitrogens with two attached hydrogens (primary N) is 1. The highest BCUT2D eigenvalue weighted by molar-refractivity contribution is 5.73. The molecule has 5 heteroatoms. The van der Waals surface area contributed by atoms with Crippen molar-refractivity contribution in [2.24, 2.45) is 5.73 Å². The topological polar surface area (TPSA) is 73.3 Å². The predicted molar refractivity (Wildman–Crippen MR) is 68.3 cm³/mol. The highest BCUT2D eigenvalue weighted by Gasteiger charge is 2.22. The Labute approximate surface area is 105 Å². The van der Waals surface area contributed by atoms with Gasteiger partial charge in [-0.1, -0.05) is 6.07 Å². The molecular weight excluding hydrogens is 230 g/mol. The van der Waals surface area contributed by atoms with E-state index < -0.39 is 0 Å². The van der Waals surface area contributed by atoms with E-state index >= 15 is 0 Å². The van der Waals surface area contributed by atoms with Gasteiger partial charge in [0.1, 0.15) is 5.52 Å². The first-order chi connectivity index (χ1) is 8.74. The number of benzene rings is 1. The van der Waals surface area contributed by atoms with E-state index in [1.54, 1.807) is 0 Å². The molecule has 3 rings (SSSR count). The average Bonchev–Trinajstić information content (AvgIpc) is 2.78. The maximum atomic E-state index is 6.27. The second-order valence-electron chi connectivity index (χ2n) is 4.62. The van der Waals surface area contributed by atoms with Gasteiger partial charge >= 0.3 is 0 Å². The van der Waals surface area contributed by atoms with Crippen LogP contribution in [0.5, 0.6) is 0 Å². The summed E-state index contributed by atoms with van der Waals surface area (Å²) in [5.74, 6) is 0.676. The minimum atomic E-state index is -0.0910. The van der Waals surface area contributed by atoms with Crippen molar-refractivity contribution in [2.45, 2.75) is 19.0 Å². The zero-order valence-electron chi connectivity index (χ0n) is 10.3. The van der Waals surface area contributed by atoms with E-state index in [1.165, 1.54) is 0 Å². The summed E-state index contributed by atoms with van der Waals surface area (Å²) in [7, 11) is 0. The largest absolute Gasteiger partial charge is 0.441 e. The molecule has 1 aromatic heterocycles. The van der Waals surface area contributed by atoms with E-state index in [-0.39, 0.29) is 12.1 Å². The van der Waals surface area contributed by atoms with Gasteiger partial charge in [-0.15, -0.1) is 0 Å². The van der Waals surface area contributed by atoms with Crippen LogP contribution >= 0.6 is 0 Å². The third kappa shape index (κ3) is 2.12. The lowest BCUT2D eigenvalue weighted by Crippen LogP contribution is -2.47. The van der Waals surface area contributed by atoms with E-state index in [1.807, 2.05) is 25.1 Å². The monoisotopic (exact) mass is 247 g/mol. The standard InChI is InChI=1S/C13H17N3O2/c1-8-16-10-6-9(2-3-12(10)18-8)13(14)11-7-17-5-4-15-11/h2-3,6,11,13,15H,4-5,7,14H2,1H3. The molecule has 0 bridgehead atoms. The van der Waals surface area contributed by atoms with Crippen molar-refractivity contribution in [2.75, 3.05) is 19.8 Å². The van der Waals surface area contributed by atoms with Gasteiger partial charge in [0.2, 0.25) is 0 Å². The molecule has 1 fully saturated rings. The van der Waals surface area contributed by atoms with Crippen LogP contribution in [0.25, 0.3) is 11.1 Å². The number of ether oxygens (including phenoxy) is 1. The SMILES string of the molecule is Cc1nc2cc(C(N)C3COCCN3)ccc2o1. The van der Waals surface area contributed by atoms with E-state index in [4.69, 9.17) is 14.9 Å². The Morgan fingerprint density at radius 2 is 2.39 bits per heavy atom. The first-order valence-electron chi connectivity index (χ1n) is 6.18. The van der Waals surface area contributed by atoms with Crippen LogP contribution in [0, 0.1) is 6.92 Å². The molecule has 1 saturated heterocycles. The summed E-state index contributed by atoms with van der Waals surface area (Å²) in [4.78, 5) is 4.33. The Kier molecular flexibility index (Phi) is 3.03. The summed E-state index contributed by atoms with van der Waals surface area (Å²) < 4.78 is 10.9. The summed E-state index contributed by atoms with van der Waals surface area (Å²) in [6.45, 7) is 4.10. The van der Waals surface area contributed by atoms with E-state index in [0.29, 0.717) is 12.5 Å². The molecule has 5 nitrogen and oxygen atoms in total. The fourth-order valence-electron chi connectivity index (χ4n) is 2.32. The summed E-state index contributed by atoms with van der Waals surface area (Å²) >= 11 is 0. The van der Waals surface area contributed by atoms with Gasteiger partial charge in [0.05, 0.1) is 13.2 Å². The van der Waals surface area contributed by atoms with Gasteiger partial charge < -0.3 is 20.2 Å². The molecule has 2 heterocycles. The maximum absolute atomic E-state index is 6.27.